The molecule has 3 heteroatoms. The standard InChI is InChI=1S/C18H22N2S/c1-4-20(5-2)13(3)14-9-8-12-17-18(14)19-15-10-6-7-11-16(15)21-17/h6-13,19H,4-5H2,1-3H3. The summed E-state index contributed by atoms with van der Waals surface area (Å²) < 4.78 is 0. The lowest BCUT2D eigenvalue weighted by Gasteiger charge is -2.31. The van der Waals surface area contributed by atoms with Gasteiger partial charge in [0.15, 0.2) is 0 Å². The third-order valence-corrected chi connectivity index (χ3v) is 5.37. The number of hydrogen-bond donors (Lipinski definition) is 1. The van der Waals surface area contributed by atoms with Crippen LogP contribution in [0.3, 0.4) is 0 Å². The van der Waals surface area contributed by atoms with Gasteiger partial charge in [0.25, 0.3) is 0 Å². The number of benzene rings is 2. The van der Waals surface area contributed by atoms with E-state index in [0.29, 0.717) is 6.04 Å². The molecule has 1 heterocycles. The van der Waals surface area contributed by atoms with Gasteiger partial charge < -0.3 is 5.32 Å². The van der Waals surface area contributed by atoms with E-state index in [-0.39, 0.29) is 0 Å². The molecule has 1 aliphatic heterocycles. The topological polar surface area (TPSA) is 15.3 Å². The number of fused-ring (bicyclic) bond motifs is 2. The first-order valence-electron chi connectivity index (χ1n) is 7.65. The summed E-state index contributed by atoms with van der Waals surface area (Å²) in [6, 6.07) is 15.6. The molecule has 110 valence electrons. The average molecular weight is 298 g/mol. The number of hydrogen-bond acceptors (Lipinski definition) is 3. The van der Waals surface area contributed by atoms with E-state index in [9.17, 15) is 0 Å². The van der Waals surface area contributed by atoms with Gasteiger partial charge in [-0.15, -0.1) is 0 Å². The van der Waals surface area contributed by atoms with Gasteiger partial charge in [0.05, 0.1) is 11.4 Å². The first-order chi connectivity index (χ1) is 10.2. The minimum Gasteiger partial charge on any atom is -0.353 e. The Hall–Kier alpha value is -1.45. The van der Waals surface area contributed by atoms with Crippen molar-refractivity contribution in [2.24, 2.45) is 0 Å². The zero-order valence-corrected chi connectivity index (χ0v) is 13.7. The highest BCUT2D eigenvalue weighted by molar-refractivity contribution is 7.99. The van der Waals surface area contributed by atoms with Crippen LogP contribution >= 0.6 is 11.8 Å². The second kappa shape index (κ2) is 6.12. The molecule has 2 aromatic rings. The number of nitrogens with one attached hydrogen (secondary N) is 1. The third kappa shape index (κ3) is 2.68. The van der Waals surface area contributed by atoms with E-state index in [1.165, 1.54) is 26.7 Å². The molecule has 0 aromatic heterocycles. The van der Waals surface area contributed by atoms with Crippen molar-refractivity contribution in [1.29, 1.82) is 0 Å². The van der Waals surface area contributed by atoms with Crippen LogP contribution in [0.15, 0.2) is 52.3 Å². The van der Waals surface area contributed by atoms with Crippen LogP contribution in [0.25, 0.3) is 0 Å². The summed E-state index contributed by atoms with van der Waals surface area (Å²) in [4.78, 5) is 5.12. The lowest BCUT2D eigenvalue weighted by molar-refractivity contribution is 0.235. The fraction of sp³-hybridized carbons (Fsp3) is 0.333. The Labute approximate surface area is 131 Å². The Bertz CT molecular complexity index is 635. The summed E-state index contributed by atoms with van der Waals surface area (Å²) in [7, 11) is 0. The molecule has 0 fully saturated rings. The molecule has 2 aromatic carbocycles. The van der Waals surface area contributed by atoms with Gasteiger partial charge in [-0.05, 0) is 43.8 Å². The first-order valence-corrected chi connectivity index (χ1v) is 8.47. The monoisotopic (exact) mass is 298 g/mol. The number of anilines is 2. The normalized spacial score (nSPS) is 14.3. The van der Waals surface area contributed by atoms with E-state index in [4.69, 9.17) is 0 Å². The first kappa shape index (κ1) is 14.5. The molecule has 0 saturated heterocycles. The van der Waals surface area contributed by atoms with Crippen molar-refractivity contribution in [3.63, 3.8) is 0 Å². The Morgan fingerprint density at radius 2 is 1.71 bits per heavy atom. The molecule has 1 unspecified atom stereocenters. The quantitative estimate of drug-likeness (QED) is 0.704. The minimum atomic E-state index is 0.424. The summed E-state index contributed by atoms with van der Waals surface area (Å²) in [5, 5.41) is 3.65. The molecule has 0 saturated carbocycles. The Morgan fingerprint density at radius 1 is 1.00 bits per heavy atom. The highest BCUT2D eigenvalue weighted by Crippen LogP contribution is 2.46. The van der Waals surface area contributed by atoms with Crippen LogP contribution in [-0.2, 0) is 0 Å². The van der Waals surface area contributed by atoms with Crippen molar-refractivity contribution in [3.05, 3.63) is 48.0 Å². The molecule has 0 aliphatic carbocycles. The molecule has 0 spiro atoms. The summed E-state index contributed by atoms with van der Waals surface area (Å²) in [6.07, 6.45) is 0. The van der Waals surface area contributed by atoms with Crippen molar-refractivity contribution >= 4 is 23.1 Å². The molecule has 1 atom stereocenters. The van der Waals surface area contributed by atoms with E-state index < -0.39 is 0 Å². The maximum Gasteiger partial charge on any atom is 0.0574 e. The predicted molar refractivity (Wildman–Crippen MR) is 91.6 cm³/mol. The number of nitrogens with zero attached hydrogens (tertiary/aromatic N) is 1. The molecule has 0 amide bonds. The van der Waals surface area contributed by atoms with Gasteiger partial charge in [-0.3, -0.25) is 4.90 Å². The largest absolute Gasteiger partial charge is 0.353 e. The third-order valence-electron chi connectivity index (χ3n) is 4.24. The Morgan fingerprint density at radius 3 is 2.48 bits per heavy atom. The summed E-state index contributed by atoms with van der Waals surface area (Å²) >= 11 is 1.86. The van der Waals surface area contributed by atoms with Crippen LogP contribution in [-0.4, -0.2) is 18.0 Å². The van der Waals surface area contributed by atoms with Crippen LogP contribution < -0.4 is 5.32 Å². The van der Waals surface area contributed by atoms with Gasteiger partial charge in [-0.2, -0.15) is 0 Å². The van der Waals surface area contributed by atoms with Crippen LogP contribution in [0.1, 0.15) is 32.4 Å². The predicted octanol–water partition coefficient (Wildman–Crippen LogP) is 5.30. The lowest BCUT2D eigenvalue weighted by Crippen LogP contribution is -2.27. The molecule has 0 bridgehead atoms. The molecule has 3 rings (SSSR count). The fourth-order valence-corrected chi connectivity index (χ4v) is 4.03. The van der Waals surface area contributed by atoms with Crippen molar-refractivity contribution in [2.45, 2.75) is 36.6 Å². The fourth-order valence-electron chi connectivity index (χ4n) is 3.00. The van der Waals surface area contributed by atoms with E-state index >= 15 is 0 Å². The molecule has 1 aliphatic rings. The Balaban J connectivity index is 2.00. The van der Waals surface area contributed by atoms with E-state index in [1.807, 2.05) is 11.8 Å². The van der Waals surface area contributed by atoms with Gasteiger partial charge in [0.2, 0.25) is 0 Å². The van der Waals surface area contributed by atoms with Gasteiger partial charge in [-0.25, -0.2) is 0 Å². The van der Waals surface area contributed by atoms with Crippen LogP contribution in [0.5, 0.6) is 0 Å². The molecular weight excluding hydrogens is 276 g/mol. The van der Waals surface area contributed by atoms with Crippen LogP contribution in [0.2, 0.25) is 0 Å². The van der Waals surface area contributed by atoms with Gasteiger partial charge >= 0.3 is 0 Å². The van der Waals surface area contributed by atoms with Gasteiger partial charge in [-0.1, -0.05) is 49.9 Å². The van der Waals surface area contributed by atoms with Crippen molar-refractivity contribution in [3.8, 4) is 0 Å². The SMILES string of the molecule is CCN(CC)C(C)c1cccc2c1Nc1ccccc1S2. The van der Waals surface area contributed by atoms with E-state index in [1.54, 1.807) is 0 Å². The van der Waals surface area contributed by atoms with Crippen molar-refractivity contribution in [1.82, 2.24) is 4.90 Å². The van der Waals surface area contributed by atoms with Crippen molar-refractivity contribution < 1.29 is 0 Å². The maximum absolute atomic E-state index is 3.65. The number of para-hydroxylation sites is 2. The Kier molecular flexibility index (Phi) is 4.22. The smallest absolute Gasteiger partial charge is 0.0574 e. The summed E-state index contributed by atoms with van der Waals surface area (Å²) in [5.74, 6) is 0. The minimum absolute atomic E-state index is 0.424. The molecule has 0 radical (unpaired) electrons. The molecular formula is C18H22N2S. The highest BCUT2D eigenvalue weighted by Gasteiger charge is 2.22. The van der Waals surface area contributed by atoms with E-state index in [2.05, 4.69) is 73.5 Å². The number of rotatable bonds is 4. The second-order valence-corrected chi connectivity index (χ2v) is 6.42. The average Bonchev–Trinajstić information content (AvgIpc) is 2.53. The van der Waals surface area contributed by atoms with Crippen LogP contribution in [0, 0.1) is 0 Å². The van der Waals surface area contributed by atoms with Crippen LogP contribution in [0.4, 0.5) is 11.4 Å². The van der Waals surface area contributed by atoms with E-state index in [0.717, 1.165) is 13.1 Å². The summed E-state index contributed by atoms with van der Waals surface area (Å²) in [6.45, 7) is 8.91. The molecule has 2 nitrogen and oxygen atoms in total. The maximum atomic E-state index is 3.65. The van der Waals surface area contributed by atoms with Crippen molar-refractivity contribution in [2.75, 3.05) is 18.4 Å². The second-order valence-electron chi connectivity index (χ2n) is 5.34. The van der Waals surface area contributed by atoms with Gasteiger partial charge in [0.1, 0.15) is 0 Å². The molecule has 21 heavy (non-hydrogen) atoms. The zero-order chi connectivity index (χ0) is 14.8. The molecule has 1 N–H and O–H groups in total. The zero-order valence-electron chi connectivity index (χ0n) is 12.9. The summed E-state index contributed by atoms with van der Waals surface area (Å²) in [5.41, 5.74) is 3.88. The highest BCUT2D eigenvalue weighted by atomic mass is 32.2. The van der Waals surface area contributed by atoms with Gasteiger partial charge in [0, 0.05) is 15.8 Å². The lowest BCUT2D eigenvalue weighted by atomic mass is 10.0.